The molecule has 0 saturated heterocycles. The van der Waals surface area contributed by atoms with Gasteiger partial charge in [-0.05, 0) is 43.2 Å². The third-order valence-corrected chi connectivity index (χ3v) is 2.69. The van der Waals surface area contributed by atoms with Crippen LogP contribution in [0.5, 0.6) is 0 Å². The molecule has 0 aromatic heterocycles. The summed E-state index contributed by atoms with van der Waals surface area (Å²) in [5.41, 5.74) is 0. The van der Waals surface area contributed by atoms with Crippen molar-refractivity contribution in [2.45, 2.75) is 25.7 Å². The van der Waals surface area contributed by atoms with Crippen molar-refractivity contribution in [2.75, 3.05) is 6.67 Å². The quantitative estimate of drug-likeness (QED) is 0.594. The van der Waals surface area contributed by atoms with E-state index >= 15 is 0 Å². The Balaban J connectivity index is 2.30. The Labute approximate surface area is 70.9 Å². The Morgan fingerprint density at radius 1 is 1.36 bits per heavy atom. The fourth-order valence-electron chi connectivity index (χ4n) is 1.54. The molecule has 0 atom stereocenters. The van der Waals surface area contributed by atoms with Crippen LogP contribution in [0, 0.1) is 11.8 Å². The molecule has 3 heteroatoms. The van der Waals surface area contributed by atoms with Crippen molar-refractivity contribution in [1.82, 2.24) is 0 Å². The van der Waals surface area contributed by atoms with Crippen LogP contribution in [0.3, 0.4) is 0 Å². The van der Waals surface area contributed by atoms with E-state index in [1.165, 1.54) is 0 Å². The normalized spacial score (nSPS) is 31.8. The molecule has 64 valence electrons. The minimum Gasteiger partial charge on any atom is -0.281 e. The molecular weight excluding hydrogens is 167 g/mol. The summed E-state index contributed by atoms with van der Waals surface area (Å²) < 4.78 is 12.1. The molecule has 0 aromatic carbocycles. The highest BCUT2D eigenvalue weighted by atomic mass is 35.5. The van der Waals surface area contributed by atoms with E-state index in [0.29, 0.717) is 0 Å². The van der Waals surface area contributed by atoms with Crippen LogP contribution in [0.25, 0.3) is 0 Å². The van der Waals surface area contributed by atoms with Crippen LogP contribution >= 0.6 is 11.6 Å². The SMILES string of the molecule is O=C(Cl)C1CCC(CF)CC1. The summed E-state index contributed by atoms with van der Waals surface area (Å²) >= 11 is 5.31. The van der Waals surface area contributed by atoms with Gasteiger partial charge in [-0.15, -0.1) is 0 Å². The maximum Gasteiger partial charge on any atom is 0.224 e. The van der Waals surface area contributed by atoms with Gasteiger partial charge in [0.15, 0.2) is 0 Å². The molecule has 1 rings (SSSR count). The van der Waals surface area contributed by atoms with Crippen molar-refractivity contribution < 1.29 is 9.18 Å². The van der Waals surface area contributed by atoms with Crippen LogP contribution in [0.4, 0.5) is 4.39 Å². The van der Waals surface area contributed by atoms with Crippen molar-refractivity contribution in [2.24, 2.45) is 11.8 Å². The Morgan fingerprint density at radius 2 is 1.91 bits per heavy atom. The second-order valence-electron chi connectivity index (χ2n) is 3.18. The molecule has 0 heterocycles. The molecule has 1 fully saturated rings. The van der Waals surface area contributed by atoms with Gasteiger partial charge in [0.05, 0.1) is 6.67 Å². The molecule has 0 spiro atoms. The van der Waals surface area contributed by atoms with E-state index in [4.69, 9.17) is 11.6 Å². The molecule has 0 bridgehead atoms. The number of alkyl halides is 1. The van der Waals surface area contributed by atoms with Gasteiger partial charge in [-0.1, -0.05) is 0 Å². The van der Waals surface area contributed by atoms with Crippen molar-refractivity contribution >= 4 is 16.8 Å². The Morgan fingerprint density at radius 3 is 2.27 bits per heavy atom. The van der Waals surface area contributed by atoms with Gasteiger partial charge in [-0.2, -0.15) is 0 Å². The zero-order valence-corrected chi connectivity index (χ0v) is 7.11. The molecule has 1 aliphatic rings. The van der Waals surface area contributed by atoms with Crippen LogP contribution in [-0.2, 0) is 4.79 Å². The minimum absolute atomic E-state index is 0.000494. The largest absolute Gasteiger partial charge is 0.281 e. The van der Waals surface area contributed by atoms with E-state index in [1.54, 1.807) is 0 Å². The van der Waals surface area contributed by atoms with Crippen LogP contribution < -0.4 is 0 Å². The molecule has 0 amide bonds. The zero-order valence-electron chi connectivity index (χ0n) is 6.35. The number of halogens is 2. The summed E-state index contributed by atoms with van der Waals surface area (Å²) in [5.74, 6) is 0.182. The second-order valence-corrected chi connectivity index (χ2v) is 3.55. The van der Waals surface area contributed by atoms with Gasteiger partial charge in [-0.3, -0.25) is 9.18 Å². The summed E-state index contributed by atoms with van der Waals surface area (Å²) in [5, 5.41) is -0.248. The topological polar surface area (TPSA) is 17.1 Å². The molecule has 0 unspecified atom stereocenters. The van der Waals surface area contributed by atoms with Gasteiger partial charge in [0.1, 0.15) is 0 Å². The highest BCUT2D eigenvalue weighted by Crippen LogP contribution is 2.30. The van der Waals surface area contributed by atoms with Crippen LogP contribution in [0.2, 0.25) is 0 Å². The smallest absolute Gasteiger partial charge is 0.224 e. The first-order valence-corrected chi connectivity index (χ1v) is 4.37. The lowest BCUT2D eigenvalue weighted by atomic mass is 9.83. The molecule has 0 aliphatic heterocycles. The van der Waals surface area contributed by atoms with E-state index in [9.17, 15) is 9.18 Å². The number of hydrogen-bond acceptors (Lipinski definition) is 1. The first kappa shape index (κ1) is 8.98. The van der Waals surface area contributed by atoms with Crippen molar-refractivity contribution in [3.05, 3.63) is 0 Å². The fraction of sp³-hybridized carbons (Fsp3) is 0.875. The summed E-state index contributed by atoms with van der Waals surface area (Å²) in [4.78, 5) is 10.7. The lowest BCUT2D eigenvalue weighted by Crippen LogP contribution is -2.19. The Kier molecular flexibility index (Phi) is 3.31. The molecule has 11 heavy (non-hydrogen) atoms. The fourth-order valence-corrected chi connectivity index (χ4v) is 1.76. The van der Waals surface area contributed by atoms with Gasteiger partial charge >= 0.3 is 0 Å². The molecule has 0 aromatic rings. The van der Waals surface area contributed by atoms with Crippen molar-refractivity contribution in [3.8, 4) is 0 Å². The van der Waals surface area contributed by atoms with E-state index in [-0.39, 0.29) is 23.8 Å². The van der Waals surface area contributed by atoms with Gasteiger partial charge in [0, 0.05) is 5.92 Å². The maximum atomic E-state index is 12.1. The number of carbonyl (C=O) groups is 1. The molecule has 0 N–H and O–H groups in total. The Hall–Kier alpha value is -0.110. The molecular formula is C8H12ClFO. The summed E-state index contributed by atoms with van der Waals surface area (Å²) in [6, 6.07) is 0. The van der Waals surface area contributed by atoms with Gasteiger partial charge in [0.2, 0.25) is 5.24 Å². The second kappa shape index (κ2) is 4.05. The zero-order chi connectivity index (χ0) is 8.27. The highest BCUT2D eigenvalue weighted by Gasteiger charge is 2.24. The third kappa shape index (κ3) is 2.44. The monoisotopic (exact) mass is 178 g/mol. The highest BCUT2D eigenvalue weighted by molar-refractivity contribution is 6.63. The van der Waals surface area contributed by atoms with Crippen molar-refractivity contribution in [1.29, 1.82) is 0 Å². The molecule has 0 radical (unpaired) electrons. The van der Waals surface area contributed by atoms with Gasteiger partial charge in [-0.25, -0.2) is 0 Å². The molecule has 1 nitrogen and oxygen atoms in total. The number of rotatable bonds is 2. The van der Waals surface area contributed by atoms with E-state index in [2.05, 4.69) is 0 Å². The van der Waals surface area contributed by atoms with E-state index in [1.807, 2.05) is 0 Å². The lowest BCUT2D eigenvalue weighted by molar-refractivity contribution is -0.116. The van der Waals surface area contributed by atoms with Gasteiger partial charge < -0.3 is 0 Å². The summed E-state index contributed by atoms with van der Waals surface area (Å²) in [6.45, 7) is -0.247. The summed E-state index contributed by atoms with van der Waals surface area (Å²) in [7, 11) is 0. The standard InChI is InChI=1S/C8H12ClFO/c9-8(11)7-3-1-6(5-10)2-4-7/h6-7H,1-5H2. The number of hydrogen-bond donors (Lipinski definition) is 0. The van der Waals surface area contributed by atoms with E-state index in [0.717, 1.165) is 25.7 Å². The average molecular weight is 179 g/mol. The predicted molar refractivity (Wildman–Crippen MR) is 42.3 cm³/mol. The summed E-state index contributed by atoms with van der Waals surface area (Å²) in [6.07, 6.45) is 3.19. The van der Waals surface area contributed by atoms with Crippen LogP contribution in [0.15, 0.2) is 0 Å². The lowest BCUT2D eigenvalue weighted by Gasteiger charge is -2.23. The maximum absolute atomic E-state index is 12.1. The first-order valence-electron chi connectivity index (χ1n) is 3.99. The molecule has 1 saturated carbocycles. The van der Waals surface area contributed by atoms with Crippen LogP contribution in [0.1, 0.15) is 25.7 Å². The van der Waals surface area contributed by atoms with Crippen LogP contribution in [-0.4, -0.2) is 11.9 Å². The minimum atomic E-state index is -0.248. The molecule has 1 aliphatic carbocycles. The predicted octanol–water partition coefficient (Wildman–Crippen LogP) is 2.53. The number of carbonyl (C=O) groups excluding carboxylic acids is 1. The third-order valence-electron chi connectivity index (χ3n) is 2.39. The average Bonchev–Trinajstić information content (AvgIpc) is 2.05. The van der Waals surface area contributed by atoms with Gasteiger partial charge in [0.25, 0.3) is 0 Å². The van der Waals surface area contributed by atoms with Crippen molar-refractivity contribution in [3.63, 3.8) is 0 Å². The van der Waals surface area contributed by atoms with E-state index < -0.39 is 0 Å². The Bertz CT molecular complexity index is 141. The first-order chi connectivity index (χ1) is 5.24.